The molecule has 174 valence electrons. The Hall–Kier alpha value is -3.40. The van der Waals surface area contributed by atoms with Crippen LogP contribution in [0.2, 0.25) is 0 Å². The third-order valence-corrected chi connectivity index (χ3v) is 7.37. The molecule has 5 aromatic rings. The Balaban J connectivity index is 1.67. The highest BCUT2D eigenvalue weighted by atomic mass is 16.5. The Morgan fingerprint density at radius 3 is 1.49 bits per heavy atom. The lowest BCUT2D eigenvalue weighted by Gasteiger charge is -2.37. The topological polar surface area (TPSA) is 29.5 Å². The van der Waals surface area contributed by atoms with Gasteiger partial charge in [0.25, 0.3) is 0 Å². The number of rotatable bonds is 6. The van der Waals surface area contributed by atoms with Crippen LogP contribution in [0.5, 0.6) is 0 Å². The lowest BCUT2D eigenvalue weighted by molar-refractivity contribution is -0.0892. The summed E-state index contributed by atoms with van der Waals surface area (Å²) in [6, 6.07) is 36.5. The average Bonchev–Trinajstić information content (AvgIpc) is 2.86. The average molecular weight is 458 g/mol. The van der Waals surface area contributed by atoms with E-state index in [1.54, 1.807) is 13.8 Å². The van der Waals surface area contributed by atoms with Crippen LogP contribution in [0.4, 0.5) is 0 Å². The van der Waals surface area contributed by atoms with Crippen molar-refractivity contribution in [3.05, 3.63) is 103 Å². The van der Waals surface area contributed by atoms with E-state index in [4.69, 9.17) is 4.65 Å². The van der Waals surface area contributed by atoms with Gasteiger partial charge in [-0.25, -0.2) is 0 Å². The lowest BCUT2D eigenvalue weighted by Crippen LogP contribution is -2.49. The predicted octanol–water partition coefficient (Wildman–Crippen LogP) is 6.87. The molecular formula is C32H31BO2. The summed E-state index contributed by atoms with van der Waals surface area (Å²) in [4.78, 5) is 0. The second-order valence-corrected chi connectivity index (χ2v) is 10.2. The fourth-order valence-corrected chi connectivity index (χ4v) is 4.57. The van der Waals surface area contributed by atoms with E-state index in [1.165, 1.54) is 43.8 Å². The molecule has 0 saturated carbocycles. The van der Waals surface area contributed by atoms with E-state index in [0.29, 0.717) is 7.48 Å². The number of fused-ring (bicyclic) bond motifs is 2. The second-order valence-electron chi connectivity index (χ2n) is 10.2. The van der Waals surface area contributed by atoms with Crippen LogP contribution in [0, 0.1) is 0 Å². The van der Waals surface area contributed by atoms with Gasteiger partial charge < -0.3 is 9.76 Å². The molecule has 0 aromatic heterocycles. The molecule has 1 N–H and O–H groups in total. The fourth-order valence-electron chi connectivity index (χ4n) is 4.57. The summed E-state index contributed by atoms with van der Waals surface area (Å²) in [5.74, 6) is 0. The van der Waals surface area contributed by atoms with Gasteiger partial charge >= 0.3 is 7.48 Å². The predicted molar refractivity (Wildman–Crippen MR) is 151 cm³/mol. The van der Waals surface area contributed by atoms with E-state index in [9.17, 15) is 5.11 Å². The first-order chi connectivity index (χ1) is 16.8. The Bertz CT molecular complexity index is 1420. The molecule has 0 aliphatic heterocycles. The number of hydrogen-bond donors (Lipinski definition) is 1. The normalized spacial score (nSPS) is 12.3. The largest absolute Gasteiger partial charge is 0.427 e. The number of aliphatic hydroxyl groups is 1. The van der Waals surface area contributed by atoms with E-state index >= 15 is 0 Å². The molecule has 0 unspecified atom stereocenters. The maximum Gasteiger partial charge on any atom is 0.310 e. The molecular weight excluding hydrogens is 427 g/mol. The van der Waals surface area contributed by atoms with Crippen LogP contribution in [0.1, 0.15) is 27.7 Å². The van der Waals surface area contributed by atoms with E-state index in [2.05, 4.69) is 97.1 Å². The van der Waals surface area contributed by atoms with Gasteiger partial charge in [-0.15, -0.1) is 0 Å². The van der Waals surface area contributed by atoms with Crippen LogP contribution >= 0.6 is 0 Å². The Kier molecular flexibility index (Phi) is 6.00. The highest BCUT2D eigenvalue weighted by Gasteiger charge is 2.36. The minimum atomic E-state index is -0.959. The van der Waals surface area contributed by atoms with Crippen molar-refractivity contribution in [1.29, 1.82) is 0 Å². The fraction of sp³-hybridized carbons (Fsp3) is 0.188. The molecule has 0 spiro atoms. The number of hydrogen-bond acceptors (Lipinski definition) is 2. The SMILES string of the molecule is CC(C)(O)C(C)(C)OBc1c2ccccc2c(-c2ccc(-c3ccccc3)cc2)c2ccccc12. The van der Waals surface area contributed by atoms with Gasteiger partial charge in [0.05, 0.1) is 11.2 Å². The molecule has 0 saturated heterocycles. The first-order valence-corrected chi connectivity index (χ1v) is 12.2. The molecule has 0 fully saturated rings. The van der Waals surface area contributed by atoms with Gasteiger partial charge in [-0.3, -0.25) is 0 Å². The molecule has 5 rings (SSSR count). The van der Waals surface area contributed by atoms with Crippen molar-refractivity contribution in [1.82, 2.24) is 0 Å². The zero-order valence-electron chi connectivity index (χ0n) is 20.9. The molecule has 0 amide bonds. The standard InChI is InChI=1S/C32H31BO2/c1-31(2,34)32(3,4)35-33-30-27-16-10-8-14-25(27)29(26-15-9-11-17-28(26)30)24-20-18-23(19-21-24)22-12-6-5-7-13-22/h5-21,33-34H,1-4H3. The summed E-state index contributed by atoms with van der Waals surface area (Å²) >= 11 is 0. The molecule has 0 atom stereocenters. The van der Waals surface area contributed by atoms with Crippen molar-refractivity contribution in [3.8, 4) is 22.3 Å². The third kappa shape index (κ3) is 4.38. The van der Waals surface area contributed by atoms with Crippen molar-refractivity contribution in [2.75, 3.05) is 0 Å². The highest BCUT2D eigenvalue weighted by Crippen LogP contribution is 2.36. The maximum absolute atomic E-state index is 10.6. The minimum Gasteiger partial charge on any atom is -0.427 e. The minimum absolute atomic E-state index is 0.422. The van der Waals surface area contributed by atoms with Crippen molar-refractivity contribution in [2.24, 2.45) is 0 Å². The maximum atomic E-state index is 10.6. The first-order valence-electron chi connectivity index (χ1n) is 12.2. The molecule has 5 aromatic carbocycles. The van der Waals surface area contributed by atoms with Crippen LogP contribution in [-0.4, -0.2) is 23.8 Å². The number of benzene rings is 5. The van der Waals surface area contributed by atoms with Gasteiger partial charge in [0.1, 0.15) is 0 Å². The van der Waals surface area contributed by atoms with Gasteiger partial charge in [0.15, 0.2) is 0 Å². The van der Waals surface area contributed by atoms with Gasteiger partial charge in [-0.05, 0) is 77.0 Å². The van der Waals surface area contributed by atoms with E-state index < -0.39 is 11.2 Å². The van der Waals surface area contributed by atoms with Crippen LogP contribution in [-0.2, 0) is 4.65 Å². The molecule has 0 radical (unpaired) electrons. The van der Waals surface area contributed by atoms with Crippen LogP contribution in [0.3, 0.4) is 0 Å². The van der Waals surface area contributed by atoms with Gasteiger partial charge in [0, 0.05) is 0 Å². The quantitative estimate of drug-likeness (QED) is 0.222. The van der Waals surface area contributed by atoms with Crippen LogP contribution < -0.4 is 5.46 Å². The molecule has 0 heterocycles. The van der Waals surface area contributed by atoms with E-state index in [-0.39, 0.29) is 0 Å². The van der Waals surface area contributed by atoms with E-state index in [1.807, 2.05) is 19.9 Å². The summed E-state index contributed by atoms with van der Waals surface area (Å²) in [6.07, 6.45) is 0. The Morgan fingerprint density at radius 1 is 0.543 bits per heavy atom. The molecule has 3 heteroatoms. The molecule has 35 heavy (non-hydrogen) atoms. The summed E-state index contributed by atoms with van der Waals surface area (Å²) in [7, 11) is 0.422. The van der Waals surface area contributed by atoms with Gasteiger partial charge in [-0.1, -0.05) is 103 Å². The summed E-state index contributed by atoms with van der Waals surface area (Å²) in [5, 5.41) is 15.4. The first kappa shape index (κ1) is 23.4. The van der Waals surface area contributed by atoms with Crippen molar-refractivity contribution >= 4 is 34.5 Å². The van der Waals surface area contributed by atoms with Crippen LogP contribution in [0.15, 0.2) is 103 Å². The van der Waals surface area contributed by atoms with Crippen LogP contribution in [0.25, 0.3) is 43.8 Å². The second kappa shape index (κ2) is 9.00. The van der Waals surface area contributed by atoms with Crippen molar-refractivity contribution in [2.45, 2.75) is 38.9 Å². The summed E-state index contributed by atoms with van der Waals surface area (Å²) in [6.45, 7) is 7.48. The third-order valence-electron chi connectivity index (χ3n) is 7.37. The van der Waals surface area contributed by atoms with Gasteiger partial charge in [0.2, 0.25) is 0 Å². The smallest absolute Gasteiger partial charge is 0.310 e. The molecule has 0 aliphatic carbocycles. The highest BCUT2D eigenvalue weighted by molar-refractivity contribution is 6.57. The lowest BCUT2D eigenvalue weighted by atomic mass is 9.75. The molecule has 2 nitrogen and oxygen atoms in total. The molecule has 0 bridgehead atoms. The zero-order chi connectivity index (χ0) is 24.6. The van der Waals surface area contributed by atoms with E-state index in [0.717, 1.165) is 5.46 Å². The van der Waals surface area contributed by atoms with Gasteiger partial charge in [-0.2, -0.15) is 0 Å². The van der Waals surface area contributed by atoms with Crippen molar-refractivity contribution in [3.63, 3.8) is 0 Å². The van der Waals surface area contributed by atoms with Crippen molar-refractivity contribution < 1.29 is 9.76 Å². The monoisotopic (exact) mass is 458 g/mol. The summed E-state index contributed by atoms with van der Waals surface area (Å²) < 4.78 is 6.36. The Morgan fingerprint density at radius 2 is 0.971 bits per heavy atom. The zero-order valence-corrected chi connectivity index (χ0v) is 20.9. The Labute approximate surface area is 208 Å². The summed E-state index contributed by atoms with van der Waals surface area (Å²) in [5.41, 5.74) is 4.36. The molecule has 0 aliphatic rings.